The molecule has 1 aliphatic rings. The number of aliphatic hydroxyl groups excluding tert-OH is 1. The van der Waals surface area contributed by atoms with Crippen LogP contribution in [0.3, 0.4) is 0 Å². The van der Waals surface area contributed by atoms with Crippen LogP contribution in [0.2, 0.25) is 0 Å². The molecule has 4 aromatic rings. The summed E-state index contributed by atoms with van der Waals surface area (Å²) in [5.74, 6) is -0.0973. The van der Waals surface area contributed by atoms with Gasteiger partial charge in [0.05, 0.1) is 29.8 Å². The highest BCUT2D eigenvalue weighted by Crippen LogP contribution is 2.35. The smallest absolute Gasteiger partial charge is 0.242 e. The fourth-order valence-corrected chi connectivity index (χ4v) is 5.11. The number of hydrogen-bond acceptors (Lipinski definition) is 8. The molecule has 1 fully saturated rings. The molecule has 5 rings (SSSR count). The van der Waals surface area contributed by atoms with Crippen molar-refractivity contribution in [1.29, 1.82) is 0 Å². The highest BCUT2D eigenvalue weighted by atomic mass is 16.3. The molecule has 0 aliphatic carbocycles. The van der Waals surface area contributed by atoms with Gasteiger partial charge in [0, 0.05) is 41.9 Å². The maximum Gasteiger partial charge on any atom is 0.242 e. The van der Waals surface area contributed by atoms with Crippen molar-refractivity contribution < 1.29 is 14.7 Å². The van der Waals surface area contributed by atoms with Gasteiger partial charge in [-0.05, 0) is 32.9 Å². The number of pyridine rings is 1. The topological polar surface area (TPSA) is 139 Å². The number of nitrogens with two attached hydrogens (primary N) is 1. The molecule has 10 heteroatoms. The summed E-state index contributed by atoms with van der Waals surface area (Å²) in [6.07, 6.45) is 4.75. The van der Waals surface area contributed by atoms with Crippen LogP contribution >= 0.6 is 0 Å². The first kappa shape index (κ1) is 25.5. The number of fused-ring (bicyclic) bond motifs is 1. The van der Waals surface area contributed by atoms with Crippen molar-refractivity contribution in [2.45, 2.75) is 31.7 Å². The molecule has 10 nitrogen and oxygen atoms in total. The van der Waals surface area contributed by atoms with Gasteiger partial charge in [-0.3, -0.25) is 14.6 Å². The number of carbonyl (C=O) groups excluding carboxylic acids is 2. The second-order valence-corrected chi connectivity index (χ2v) is 9.53. The molecule has 1 saturated heterocycles. The van der Waals surface area contributed by atoms with E-state index in [1.807, 2.05) is 42.5 Å². The van der Waals surface area contributed by atoms with E-state index in [2.05, 4.69) is 15.4 Å². The molecule has 0 spiro atoms. The summed E-state index contributed by atoms with van der Waals surface area (Å²) in [4.78, 5) is 36.7. The van der Waals surface area contributed by atoms with Gasteiger partial charge in [0.25, 0.3) is 0 Å². The normalized spacial score (nSPS) is 15.1. The van der Waals surface area contributed by atoms with Gasteiger partial charge in [0.1, 0.15) is 11.9 Å². The van der Waals surface area contributed by atoms with Gasteiger partial charge < -0.3 is 21.1 Å². The van der Waals surface area contributed by atoms with E-state index < -0.39 is 6.04 Å². The quantitative estimate of drug-likeness (QED) is 0.321. The number of rotatable bonds is 7. The molecule has 196 valence electrons. The van der Waals surface area contributed by atoms with Crippen LogP contribution < -0.4 is 11.1 Å². The Morgan fingerprint density at radius 2 is 1.84 bits per heavy atom. The Hall–Kier alpha value is -4.15. The van der Waals surface area contributed by atoms with Gasteiger partial charge in [-0.25, -0.2) is 4.98 Å². The summed E-state index contributed by atoms with van der Waals surface area (Å²) < 4.78 is 1.51. The number of likely N-dealkylation sites (N-methyl/N-ethyl adjacent to an activating group) is 1. The minimum absolute atomic E-state index is 0.0475. The molecule has 1 aliphatic heterocycles. The zero-order chi connectivity index (χ0) is 26.8. The average molecular weight is 514 g/mol. The number of nitrogens with one attached hydrogen (secondary N) is 1. The van der Waals surface area contributed by atoms with Gasteiger partial charge in [0.2, 0.25) is 5.91 Å². The minimum atomic E-state index is -0.624. The average Bonchev–Trinajstić information content (AvgIpc) is 3.38. The summed E-state index contributed by atoms with van der Waals surface area (Å²) in [5.41, 5.74) is 11.6. The van der Waals surface area contributed by atoms with Crippen LogP contribution in [0.1, 0.15) is 41.7 Å². The number of carbonyl (C=O) groups is 2. The summed E-state index contributed by atoms with van der Waals surface area (Å²) in [7, 11) is 1.65. The van der Waals surface area contributed by atoms with Crippen molar-refractivity contribution in [2.75, 3.05) is 32.5 Å². The first-order valence-electron chi connectivity index (χ1n) is 12.7. The predicted molar refractivity (Wildman–Crippen MR) is 145 cm³/mol. The van der Waals surface area contributed by atoms with Gasteiger partial charge in [-0.15, -0.1) is 0 Å². The lowest BCUT2D eigenvalue weighted by Crippen LogP contribution is -2.49. The number of piperidine rings is 1. The summed E-state index contributed by atoms with van der Waals surface area (Å²) in [6.45, 7) is 2.23. The van der Waals surface area contributed by atoms with E-state index in [-0.39, 0.29) is 30.0 Å². The number of nitrogens with zero attached hydrogens (tertiary/aromatic N) is 5. The molecule has 4 N–H and O–H groups in total. The molecule has 0 bridgehead atoms. The number of anilines is 1. The van der Waals surface area contributed by atoms with Crippen molar-refractivity contribution >= 4 is 23.2 Å². The van der Waals surface area contributed by atoms with Crippen molar-refractivity contribution in [3.8, 4) is 22.4 Å². The molecule has 38 heavy (non-hydrogen) atoms. The number of aliphatic hydroxyl groups is 1. The summed E-state index contributed by atoms with van der Waals surface area (Å²) >= 11 is 0. The Morgan fingerprint density at radius 3 is 2.45 bits per heavy atom. The monoisotopic (exact) mass is 513 g/mol. The second-order valence-electron chi connectivity index (χ2n) is 9.53. The molecule has 0 saturated carbocycles. The number of amides is 1. The predicted octanol–water partition coefficient (Wildman–Crippen LogP) is 2.53. The van der Waals surface area contributed by atoms with E-state index in [1.54, 1.807) is 24.3 Å². The molecule has 0 unspecified atom stereocenters. The molecule has 1 amide bonds. The van der Waals surface area contributed by atoms with Crippen LogP contribution in [0.4, 0.5) is 5.82 Å². The van der Waals surface area contributed by atoms with Crippen LogP contribution in [0.25, 0.3) is 28.0 Å². The Balaban J connectivity index is 1.48. The largest absolute Gasteiger partial charge is 0.394 e. The molecular formula is C28H31N7O3. The lowest BCUT2D eigenvalue weighted by atomic mass is 9.89. The Morgan fingerprint density at radius 1 is 1.11 bits per heavy atom. The van der Waals surface area contributed by atoms with Crippen molar-refractivity contribution in [3.05, 3.63) is 66.1 Å². The number of aromatic nitrogens is 4. The Bertz CT molecular complexity index is 1460. The molecule has 1 atom stereocenters. The van der Waals surface area contributed by atoms with Gasteiger partial charge >= 0.3 is 0 Å². The van der Waals surface area contributed by atoms with Crippen LogP contribution in [-0.2, 0) is 4.79 Å². The highest BCUT2D eigenvalue weighted by molar-refractivity contribution is 6.00. The molecule has 0 radical (unpaired) electrons. The maximum absolute atomic E-state index is 12.7. The van der Waals surface area contributed by atoms with Gasteiger partial charge in [0.15, 0.2) is 11.4 Å². The number of hydrogen-bond donors (Lipinski definition) is 3. The maximum atomic E-state index is 12.7. The van der Waals surface area contributed by atoms with Crippen LogP contribution in [0.15, 0.2) is 54.9 Å². The molecule has 1 aromatic carbocycles. The van der Waals surface area contributed by atoms with Crippen LogP contribution in [0, 0.1) is 0 Å². The van der Waals surface area contributed by atoms with Crippen LogP contribution in [0.5, 0.6) is 0 Å². The molecule has 4 heterocycles. The van der Waals surface area contributed by atoms with E-state index in [1.165, 1.54) is 11.4 Å². The lowest BCUT2D eigenvalue weighted by molar-refractivity contribution is -0.135. The van der Waals surface area contributed by atoms with E-state index in [4.69, 9.17) is 10.7 Å². The van der Waals surface area contributed by atoms with E-state index in [0.29, 0.717) is 42.8 Å². The third kappa shape index (κ3) is 4.64. The third-order valence-corrected chi connectivity index (χ3v) is 7.23. The number of Topliss-reactive ketones (excluding diaryl/α,β-unsaturated/α-hetero) is 1. The number of likely N-dealkylation sites (tertiary alicyclic amines) is 1. The zero-order valence-electron chi connectivity index (χ0n) is 21.5. The lowest BCUT2D eigenvalue weighted by Gasteiger charge is -2.34. The van der Waals surface area contributed by atoms with E-state index in [0.717, 1.165) is 22.4 Å². The third-order valence-electron chi connectivity index (χ3n) is 7.23. The summed E-state index contributed by atoms with van der Waals surface area (Å²) in [6, 6.07) is 13.3. The summed E-state index contributed by atoms with van der Waals surface area (Å²) in [5, 5.41) is 16.8. The number of nitrogen functional groups attached to an aromatic ring is 1. The molecule has 3 aromatic heterocycles. The second kappa shape index (κ2) is 10.7. The van der Waals surface area contributed by atoms with Crippen molar-refractivity contribution in [2.24, 2.45) is 0 Å². The Labute approximate surface area is 220 Å². The standard InChI is InChI=1S/C28H31N7O3/c1-17(37)24-25(19-10-12-34(13-11-19)28(38)23(16-36)30-2)33-27-21(15-32-35(27)26(24)29)20-8-9-22(31-14-20)18-6-4-3-5-7-18/h3-9,14-15,19,23,30,36H,10-13,16,29H2,1-2H3/t23-/m0/s1. The van der Waals surface area contributed by atoms with E-state index in [9.17, 15) is 14.7 Å². The van der Waals surface area contributed by atoms with E-state index >= 15 is 0 Å². The van der Waals surface area contributed by atoms with Crippen LogP contribution in [-0.4, -0.2) is 74.1 Å². The first-order chi connectivity index (χ1) is 18.4. The fourth-order valence-electron chi connectivity index (χ4n) is 5.11. The Kier molecular flexibility index (Phi) is 7.17. The molecular weight excluding hydrogens is 482 g/mol. The van der Waals surface area contributed by atoms with Crippen molar-refractivity contribution in [1.82, 2.24) is 29.8 Å². The zero-order valence-corrected chi connectivity index (χ0v) is 21.5. The number of benzene rings is 1. The van der Waals surface area contributed by atoms with Gasteiger partial charge in [-0.1, -0.05) is 36.4 Å². The van der Waals surface area contributed by atoms with Crippen molar-refractivity contribution in [3.63, 3.8) is 0 Å². The number of ketones is 1. The minimum Gasteiger partial charge on any atom is -0.394 e. The highest BCUT2D eigenvalue weighted by Gasteiger charge is 2.31. The SMILES string of the molecule is CN[C@@H](CO)C(=O)N1CCC(c2nc3c(-c4ccc(-c5ccccc5)nc4)cnn3c(N)c2C(C)=O)CC1. The van der Waals surface area contributed by atoms with Gasteiger partial charge in [-0.2, -0.15) is 9.61 Å². The first-order valence-corrected chi connectivity index (χ1v) is 12.7. The fraction of sp³-hybridized carbons (Fsp3) is 0.321.